The standard InChI is InChI=1S/C28H25ClN2O4/c1-18-5-11-24(12-6-18)34-27(21-3-2-4-23(29)13-21)26-14-25(30-35-26)20-9-7-19(8-10-20)15-31-16-22(17-31)28(32)33/h2-14,22,27H,15-17H2,1H3,(H,32,33). The van der Waals surface area contributed by atoms with E-state index in [1.807, 2.05) is 85.8 Å². The molecular formula is C28H25ClN2O4. The van der Waals surface area contributed by atoms with Crippen molar-refractivity contribution in [3.8, 4) is 17.0 Å². The molecule has 4 aromatic rings. The number of ether oxygens (including phenoxy) is 1. The topological polar surface area (TPSA) is 75.8 Å². The first kappa shape index (κ1) is 23.1. The summed E-state index contributed by atoms with van der Waals surface area (Å²) in [6, 6.07) is 25.3. The number of rotatable bonds is 8. The summed E-state index contributed by atoms with van der Waals surface area (Å²) in [6.07, 6.45) is -0.509. The smallest absolute Gasteiger partial charge is 0.309 e. The molecule has 0 amide bonds. The van der Waals surface area contributed by atoms with Gasteiger partial charge >= 0.3 is 5.97 Å². The summed E-state index contributed by atoms with van der Waals surface area (Å²) in [5.41, 5.74) is 4.78. The maximum atomic E-state index is 11.0. The van der Waals surface area contributed by atoms with E-state index in [-0.39, 0.29) is 5.92 Å². The predicted molar refractivity (Wildman–Crippen MR) is 133 cm³/mol. The molecule has 0 bridgehead atoms. The van der Waals surface area contributed by atoms with E-state index in [9.17, 15) is 4.79 Å². The van der Waals surface area contributed by atoms with Crippen LogP contribution in [0.5, 0.6) is 5.75 Å². The zero-order valence-corrected chi connectivity index (χ0v) is 20.0. The SMILES string of the molecule is Cc1ccc(OC(c2cccc(Cl)c2)c2cc(-c3ccc(CN4CC(C(=O)O)C4)cc3)no2)cc1. The Morgan fingerprint density at radius 3 is 2.54 bits per heavy atom. The highest BCUT2D eigenvalue weighted by atomic mass is 35.5. The molecule has 1 aliphatic heterocycles. The molecule has 1 aliphatic rings. The fourth-order valence-electron chi connectivity index (χ4n) is 4.16. The van der Waals surface area contributed by atoms with Gasteiger partial charge in [-0.3, -0.25) is 9.69 Å². The van der Waals surface area contributed by atoms with Crippen LogP contribution in [0.2, 0.25) is 5.02 Å². The van der Waals surface area contributed by atoms with Gasteiger partial charge < -0.3 is 14.4 Å². The van der Waals surface area contributed by atoms with Gasteiger partial charge in [-0.15, -0.1) is 0 Å². The predicted octanol–water partition coefficient (Wildman–Crippen LogP) is 5.99. The lowest BCUT2D eigenvalue weighted by molar-refractivity contribution is -0.147. The molecule has 6 nitrogen and oxygen atoms in total. The maximum absolute atomic E-state index is 11.0. The van der Waals surface area contributed by atoms with Gasteiger partial charge in [0.2, 0.25) is 0 Å². The Balaban J connectivity index is 1.34. The van der Waals surface area contributed by atoms with Gasteiger partial charge in [0.05, 0.1) is 5.92 Å². The minimum Gasteiger partial charge on any atom is -0.481 e. The van der Waals surface area contributed by atoms with E-state index in [2.05, 4.69) is 10.1 Å². The maximum Gasteiger partial charge on any atom is 0.309 e. The summed E-state index contributed by atoms with van der Waals surface area (Å²) >= 11 is 6.26. The van der Waals surface area contributed by atoms with Crippen LogP contribution in [-0.2, 0) is 11.3 Å². The number of halogens is 1. The molecule has 5 rings (SSSR count). The Morgan fingerprint density at radius 2 is 1.86 bits per heavy atom. The molecule has 0 aliphatic carbocycles. The highest BCUT2D eigenvalue weighted by Gasteiger charge is 2.32. The van der Waals surface area contributed by atoms with E-state index >= 15 is 0 Å². The molecule has 178 valence electrons. The number of carbonyl (C=O) groups is 1. The minimum atomic E-state index is -0.721. The van der Waals surface area contributed by atoms with Crippen molar-refractivity contribution in [2.24, 2.45) is 5.92 Å². The molecule has 1 saturated heterocycles. The average Bonchev–Trinajstić information content (AvgIpc) is 3.31. The molecule has 0 saturated carbocycles. The zero-order chi connectivity index (χ0) is 24.4. The second-order valence-corrected chi connectivity index (χ2v) is 9.34. The number of carboxylic acids is 1. The number of nitrogens with zero attached hydrogens (tertiary/aromatic N) is 2. The van der Waals surface area contributed by atoms with E-state index in [0.717, 1.165) is 34.5 Å². The molecule has 1 aromatic heterocycles. The first-order valence-electron chi connectivity index (χ1n) is 11.4. The third kappa shape index (κ3) is 5.39. The quantitative estimate of drug-likeness (QED) is 0.328. The third-order valence-electron chi connectivity index (χ3n) is 6.18. The second kappa shape index (κ2) is 9.94. The molecule has 0 radical (unpaired) electrons. The van der Waals surface area contributed by atoms with Crippen LogP contribution < -0.4 is 4.74 Å². The van der Waals surface area contributed by atoms with Crippen LogP contribution in [0.4, 0.5) is 0 Å². The lowest BCUT2D eigenvalue weighted by atomic mass is 9.99. The highest BCUT2D eigenvalue weighted by molar-refractivity contribution is 6.30. The molecule has 2 heterocycles. The molecule has 35 heavy (non-hydrogen) atoms. The van der Waals surface area contributed by atoms with Crippen molar-refractivity contribution in [3.05, 3.63) is 106 Å². The molecular weight excluding hydrogens is 464 g/mol. The van der Waals surface area contributed by atoms with Crippen LogP contribution in [0.3, 0.4) is 0 Å². The largest absolute Gasteiger partial charge is 0.481 e. The number of benzene rings is 3. The van der Waals surface area contributed by atoms with Crippen molar-refractivity contribution in [3.63, 3.8) is 0 Å². The van der Waals surface area contributed by atoms with Crippen LogP contribution in [-0.4, -0.2) is 34.2 Å². The number of hydrogen-bond acceptors (Lipinski definition) is 5. The molecule has 1 fully saturated rings. The first-order valence-corrected chi connectivity index (χ1v) is 11.8. The van der Waals surface area contributed by atoms with Crippen molar-refractivity contribution in [2.45, 2.75) is 19.6 Å². The van der Waals surface area contributed by atoms with Gasteiger partial charge in [-0.25, -0.2) is 0 Å². The number of aromatic nitrogens is 1. The van der Waals surface area contributed by atoms with Crippen molar-refractivity contribution in [2.75, 3.05) is 13.1 Å². The summed E-state index contributed by atoms with van der Waals surface area (Å²) in [5, 5.41) is 14.0. The Hall–Kier alpha value is -3.61. The van der Waals surface area contributed by atoms with Crippen LogP contribution in [0, 0.1) is 12.8 Å². The summed E-state index contributed by atoms with van der Waals surface area (Å²) in [5.74, 6) is 0.324. The van der Waals surface area contributed by atoms with Gasteiger partial charge in [0, 0.05) is 41.9 Å². The Labute approximate surface area is 208 Å². The third-order valence-corrected chi connectivity index (χ3v) is 6.41. The van der Waals surface area contributed by atoms with Gasteiger partial charge in [0.25, 0.3) is 0 Å². The van der Waals surface area contributed by atoms with Gasteiger partial charge in [0.1, 0.15) is 11.4 Å². The van der Waals surface area contributed by atoms with Crippen molar-refractivity contribution in [1.29, 1.82) is 0 Å². The number of likely N-dealkylation sites (tertiary alicyclic amines) is 1. The van der Waals surface area contributed by atoms with Gasteiger partial charge in [0.15, 0.2) is 11.9 Å². The second-order valence-electron chi connectivity index (χ2n) is 8.91. The minimum absolute atomic E-state index is 0.252. The van der Waals surface area contributed by atoms with Crippen LogP contribution in [0.15, 0.2) is 83.4 Å². The normalized spacial score (nSPS) is 14.9. The number of carboxylic acid groups (broad SMARTS) is 1. The van der Waals surface area contributed by atoms with Crippen molar-refractivity contribution in [1.82, 2.24) is 10.1 Å². The van der Waals surface area contributed by atoms with Crippen LogP contribution >= 0.6 is 11.6 Å². The summed E-state index contributed by atoms with van der Waals surface area (Å²) in [6.45, 7) is 3.95. The number of aryl methyl sites for hydroxylation is 1. The highest BCUT2D eigenvalue weighted by Crippen LogP contribution is 2.32. The molecule has 1 N–H and O–H groups in total. The molecule has 7 heteroatoms. The summed E-state index contributed by atoms with van der Waals surface area (Å²) in [7, 11) is 0. The molecule has 0 spiro atoms. The van der Waals surface area contributed by atoms with Crippen molar-refractivity contribution >= 4 is 17.6 Å². The van der Waals surface area contributed by atoms with E-state index in [4.69, 9.17) is 26.0 Å². The van der Waals surface area contributed by atoms with E-state index < -0.39 is 12.1 Å². The molecule has 1 atom stereocenters. The number of aliphatic carboxylic acids is 1. The van der Waals surface area contributed by atoms with Crippen LogP contribution in [0.25, 0.3) is 11.3 Å². The summed E-state index contributed by atoms with van der Waals surface area (Å²) < 4.78 is 12.1. The van der Waals surface area contributed by atoms with E-state index in [1.54, 1.807) is 0 Å². The van der Waals surface area contributed by atoms with Crippen molar-refractivity contribution < 1.29 is 19.2 Å². The van der Waals surface area contributed by atoms with E-state index in [1.165, 1.54) is 0 Å². The lowest BCUT2D eigenvalue weighted by Gasteiger charge is -2.36. The van der Waals surface area contributed by atoms with Gasteiger partial charge in [-0.05, 0) is 36.8 Å². The monoisotopic (exact) mass is 488 g/mol. The summed E-state index contributed by atoms with van der Waals surface area (Å²) in [4.78, 5) is 13.1. The average molecular weight is 489 g/mol. The van der Waals surface area contributed by atoms with Crippen LogP contribution in [0.1, 0.15) is 28.6 Å². The Kier molecular flexibility index (Phi) is 6.57. The van der Waals surface area contributed by atoms with Gasteiger partial charge in [-0.1, -0.05) is 70.9 Å². The fraction of sp³-hybridized carbons (Fsp3) is 0.214. The van der Waals surface area contributed by atoms with Gasteiger partial charge in [-0.2, -0.15) is 0 Å². The Morgan fingerprint density at radius 1 is 1.11 bits per heavy atom. The first-order chi connectivity index (χ1) is 16.9. The molecule has 3 aromatic carbocycles. The fourth-order valence-corrected chi connectivity index (χ4v) is 4.35. The van der Waals surface area contributed by atoms with E-state index in [0.29, 0.717) is 29.6 Å². The zero-order valence-electron chi connectivity index (χ0n) is 19.2. The Bertz CT molecular complexity index is 1310. The number of hydrogen-bond donors (Lipinski definition) is 1. The molecule has 1 unspecified atom stereocenters. The lowest BCUT2D eigenvalue weighted by Crippen LogP contribution is -2.49.